The van der Waals surface area contributed by atoms with E-state index in [1.807, 2.05) is 13.0 Å². The minimum atomic E-state index is -0.160. The van der Waals surface area contributed by atoms with Crippen molar-refractivity contribution in [3.05, 3.63) is 35.1 Å². The predicted molar refractivity (Wildman–Crippen MR) is 63.6 cm³/mol. The lowest BCUT2D eigenvalue weighted by molar-refractivity contribution is 0.251. The van der Waals surface area contributed by atoms with E-state index in [1.165, 1.54) is 11.6 Å². The van der Waals surface area contributed by atoms with E-state index in [0.29, 0.717) is 6.04 Å². The number of nitrogens with zero attached hydrogens (tertiary/aromatic N) is 1. The Morgan fingerprint density at radius 1 is 1.50 bits per heavy atom. The van der Waals surface area contributed by atoms with E-state index >= 15 is 0 Å². The first kappa shape index (κ1) is 11.6. The molecular formula is C13H19FN2. The first-order valence-corrected chi connectivity index (χ1v) is 5.82. The molecule has 2 atom stereocenters. The number of hydrogen-bond acceptors (Lipinski definition) is 2. The zero-order valence-electron chi connectivity index (χ0n) is 9.91. The number of rotatable bonds is 2. The molecule has 3 heteroatoms. The van der Waals surface area contributed by atoms with Gasteiger partial charge in [-0.1, -0.05) is 6.07 Å². The third-order valence-electron chi connectivity index (χ3n) is 3.62. The van der Waals surface area contributed by atoms with Crippen molar-refractivity contribution in [1.82, 2.24) is 4.90 Å². The molecule has 0 bridgehead atoms. The number of halogens is 1. The summed E-state index contributed by atoms with van der Waals surface area (Å²) in [6.07, 6.45) is 1.06. The van der Waals surface area contributed by atoms with Crippen molar-refractivity contribution >= 4 is 0 Å². The third-order valence-corrected chi connectivity index (χ3v) is 3.62. The summed E-state index contributed by atoms with van der Waals surface area (Å²) < 4.78 is 13.0. The van der Waals surface area contributed by atoms with Gasteiger partial charge in [0, 0.05) is 25.2 Å². The van der Waals surface area contributed by atoms with Gasteiger partial charge in [-0.2, -0.15) is 0 Å². The Bertz CT molecular complexity index is 378. The van der Waals surface area contributed by atoms with Gasteiger partial charge in [0.05, 0.1) is 0 Å². The molecule has 0 aliphatic carbocycles. The second-order valence-electron chi connectivity index (χ2n) is 4.73. The lowest BCUT2D eigenvalue weighted by atomic mass is 10.1. The van der Waals surface area contributed by atoms with Gasteiger partial charge in [0.2, 0.25) is 0 Å². The fourth-order valence-corrected chi connectivity index (χ4v) is 2.31. The van der Waals surface area contributed by atoms with Crippen LogP contribution in [0.1, 0.15) is 24.5 Å². The summed E-state index contributed by atoms with van der Waals surface area (Å²) in [5, 5.41) is 0. The lowest BCUT2D eigenvalue weighted by Gasteiger charge is -2.23. The second-order valence-corrected chi connectivity index (χ2v) is 4.73. The monoisotopic (exact) mass is 222 g/mol. The molecule has 2 rings (SSSR count). The van der Waals surface area contributed by atoms with Gasteiger partial charge >= 0.3 is 0 Å². The van der Waals surface area contributed by atoms with Gasteiger partial charge in [0.15, 0.2) is 0 Å². The van der Waals surface area contributed by atoms with Crippen molar-refractivity contribution in [1.29, 1.82) is 0 Å². The first-order chi connectivity index (χ1) is 7.58. The van der Waals surface area contributed by atoms with E-state index in [-0.39, 0.29) is 11.9 Å². The first-order valence-electron chi connectivity index (χ1n) is 5.82. The van der Waals surface area contributed by atoms with Crippen LogP contribution in [0.3, 0.4) is 0 Å². The van der Waals surface area contributed by atoms with Crippen molar-refractivity contribution < 1.29 is 4.39 Å². The Morgan fingerprint density at radius 3 is 2.81 bits per heavy atom. The van der Waals surface area contributed by atoms with Crippen molar-refractivity contribution in [3.8, 4) is 0 Å². The van der Waals surface area contributed by atoms with Crippen LogP contribution in [-0.2, 0) is 6.54 Å². The quantitative estimate of drug-likeness (QED) is 0.830. The maximum Gasteiger partial charge on any atom is 0.123 e. The van der Waals surface area contributed by atoms with Crippen molar-refractivity contribution in [2.75, 3.05) is 6.54 Å². The second kappa shape index (κ2) is 4.52. The van der Waals surface area contributed by atoms with Gasteiger partial charge < -0.3 is 5.73 Å². The van der Waals surface area contributed by atoms with E-state index < -0.39 is 0 Å². The molecule has 0 aromatic heterocycles. The molecule has 1 aliphatic heterocycles. The molecule has 2 unspecified atom stereocenters. The highest BCUT2D eigenvalue weighted by Gasteiger charge is 2.27. The Kier molecular flexibility index (Phi) is 3.26. The maximum atomic E-state index is 13.0. The van der Waals surface area contributed by atoms with Crippen molar-refractivity contribution in [2.45, 2.75) is 38.9 Å². The number of aryl methyl sites for hydroxylation is 1. The van der Waals surface area contributed by atoms with E-state index in [9.17, 15) is 4.39 Å². The Labute approximate surface area is 96.2 Å². The van der Waals surface area contributed by atoms with E-state index in [1.54, 1.807) is 6.07 Å². The number of benzene rings is 1. The molecular weight excluding hydrogens is 203 g/mol. The molecule has 0 saturated carbocycles. The number of likely N-dealkylation sites (tertiary alicyclic amines) is 1. The molecule has 1 saturated heterocycles. The van der Waals surface area contributed by atoms with Crippen LogP contribution >= 0.6 is 0 Å². The van der Waals surface area contributed by atoms with Crippen molar-refractivity contribution in [2.24, 2.45) is 5.73 Å². The van der Waals surface area contributed by atoms with Gasteiger partial charge in [0.1, 0.15) is 5.82 Å². The standard InChI is InChI=1S/C13H19FN2/c1-9-7-12(14)4-3-11(9)8-16-6-5-13(15)10(16)2/h3-4,7,10,13H,5-6,8,15H2,1-2H3. The molecule has 1 aromatic carbocycles. The third kappa shape index (κ3) is 2.25. The van der Waals surface area contributed by atoms with Gasteiger partial charge in [-0.3, -0.25) is 4.90 Å². The minimum absolute atomic E-state index is 0.160. The molecule has 0 spiro atoms. The number of nitrogens with two attached hydrogens (primary N) is 1. The summed E-state index contributed by atoms with van der Waals surface area (Å²) in [4.78, 5) is 2.37. The van der Waals surface area contributed by atoms with E-state index in [0.717, 1.165) is 25.1 Å². The normalized spacial score (nSPS) is 26.2. The van der Waals surface area contributed by atoms with Crippen LogP contribution in [0.15, 0.2) is 18.2 Å². The maximum absolute atomic E-state index is 13.0. The van der Waals surface area contributed by atoms with Crippen LogP contribution in [0, 0.1) is 12.7 Å². The minimum Gasteiger partial charge on any atom is -0.326 e. The molecule has 1 aromatic rings. The van der Waals surface area contributed by atoms with Crippen LogP contribution in [0.5, 0.6) is 0 Å². The zero-order chi connectivity index (χ0) is 11.7. The van der Waals surface area contributed by atoms with Gasteiger partial charge in [-0.25, -0.2) is 4.39 Å². The summed E-state index contributed by atoms with van der Waals surface area (Å²) in [5.74, 6) is -0.160. The predicted octanol–water partition coefficient (Wildman–Crippen LogP) is 2.06. The molecule has 1 heterocycles. The van der Waals surface area contributed by atoms with Crippen LogP contribution in [0.4, 0.5) is 4.39 Å². The summed E-state index contributed by atoms with van der Waals surface area (Å²) in [6, 6.07) is 5.70. The van der Waals surface area contributed by atoms with Gasteiger partial charge in [-0.05, 0) is 43.5 Å². The van der Waals surface area contributed by atoms with Gasteiger partial charge in [0.25, 0.3) is 0 Å². The molecule has 0 amide bonds. The fraction of sp³-hybridized carbons (Fsp3) is 0.538. The molecule has 1 aliphatic rings. The van der Waals surface area contributed by atoms with Crippen LogP contribution in [0.25, 0.3) is 0 Å². The highest BCUT2D eigenvalue weighted by Crippen LogP contribution is 2.20. The summed E-state index contributed by atoms with van der Waals surface area (Å²) >= 11 is 0. The van der Waals surface area contributed by atoms with Gasteiger partial charge in [-0.15, -0.1) is 0 Å². The van der Waals surface area contributed by atoms with Crippen LogP contribution in [0.2, 0.25) is 0 Å². The van der Waals surface area contributed by atoms with Crippen LogP contribution in [-0.4, -0.2) is 23.5 Å². The van der Waals surface area contributed by atoms with E-state index in [4.69, 9.17) is 5.73 Å². The van der Waals surface area contributed by atoms with Crippen molar-refractivity contribution in [3.63, 3.8) is 0 Å². The highest BCUT2D eigenvalue weighted by molar-refractivity contribution is 5.26. The molecule has 0 radical (unpaired) electrons. The molecule has 1 fully saturated rings. The summed E-state index contributed by atoms with van der Waals surface area (Å²) in [7, 11) is 0. The SMILES string of the molecule is Cc1cc(F)ccc1CN1CCC(N)C1C. The average molecular weight is 222 g/mol. The molecule has 2 N–H and O–H groups in total. The summed E-state index contributed by atoms with van der Waals surface area (Å²) in [5.41, 5.74) is 8.20. The average Bonchev–Trinajstić information content (AvgIpc) is 2.54. The lowest BCUT2D eigenvalue weighted by Crippen LogP contribution is -2.36. The molecule has 16 heavy (non-hydrogen) atoms. The fourth-order valence-electron chi connectivity index (χ4n) is 2.31. The molecule has 88 valence electrons. The number of hydrogen-bond donors (Lipinski definition) is 1. The Hall–Kier alpha value is -0.930. The highest BCUT2D eigenvalue weighted by atomic mass is 19.1. The largest absolute Gasteiger partial charge is 0.326 e. The zero-order valence-corrected chi connectivity index (χ0v) is 9.91. The Morgan fingerprint density at radius 2 is 2.25 bits per heavy atom. The van der Waals surface area contributed by atoms with E-state index in [2.05, 4.69) is 11.8 Å². The van der Waals surface area contributed by atoms with Crippen LogP contribution < -0.4 is 5.73 Å². The smallest absolute Gasteiger partial charge is 0.123 e. The topological polar surface area (TPSA) is 29.3 Å². The molecule has 2 nitrogen and oxygen atoms in total. The summed E-state index contributed by atoms with van der Waals surface area (Å²) in [6.45, 7) is 6.04. The Balaban J connectivity index is 2.09.